The molecule has 1 heterocycles. The Morgan fingerprint density at radius 2 is 1.84 bits per heavy atom. The van der Waals surface area contributed by atoms with Gasteiger partial charge in [0.1, 0.15) is 5.75 Å². The fourth-order valence-corrected chi connectivity index (χ4v) is 2.42. The third-order valence-corrected chi connectivity index (χ3v) is 3.46. The number of hydrogen-bond acceptors (Lipinski definition) is 3. The molecule has 0 fully saturated rings. The second-order valence-electron chi connectivity index (χ2n) is 4.64. The van der Waals surface area contributed by atoms with Gasteiger partial charge in [-0.1, -0.05) is 24.3 Å². The van der Waals surface area contributed by atoms with Crippen LogP contribution in [-0.4, -0.2) is 12.9 Å². The molecule has 0 saturated heterocycles. The van der Waals surface area contributed by atoms with Gasteiger partial charge in [0.2, 0.25) is 0 Å². The molecule has 1 atom stereocenters. The minimum absolute atomic E-state index is 0.0355. The molecular weight excluding hydrogens is 238 g/mol. The molecule has 1 N–H and O–H groups in total. The van der Waals surface area contributed by atoms with E-state index in [1.54, 1.807) is 7.11 Å². The van der Waals surface area contributed by atoms with Gasteiger partial charge in [-0.15, -0.1) is 0 Å². The van der Waals surface area contributed by atoms with E-state index < -0.39 is 0 Å². The molecular formula is C16H15NO2. The highest BCUT2D eigenvalue weighted by atomic mass is 16.5. The van der Waals surface area contributed by atoms with E-state index in [4.69, 9.17) is 4.74 Å². The van der Waals surface area contributed by atoms with Crippen molar-refractivity contribution in [2.45, 2.75) is 12.5 Å². The van der Waals surface area contributed by atoms with E-state index in [1.807, 2.05) is 48.5 Å². The molecule has 96 valence electrons. The first kappa shape index (κ1) is 11.8. The summed E-state index contributed by atoms with van der Waals surface area (Å²) in [6.45, 7) is 0. The van der Waals surface area contributed by atoms with E-state index in [-0.39, 0.29) is 11.8 Å². The summed E-state index contributed by atoms with van der Waals surface area (Å²) < 4.78 is 5.15. The van der Waals surface area contributed by atoms with E-state index in [9.17, 15) is 4.79 Å². The first-order valence-corrected chi connectivity index (χ1v) is 6.30. The van der Waals surface area contributed by atoms with Crippen LogP contribution in [0.25, 0.3) is 0 Å². The highest BCUT2D eigenvalue weighted by Gasteiger charge is 2.24. The molecule has 0 spiro atoms. The van der Waals surface area contributed by atoms with Crippen molar-refractivity contribution in [3.05, 3.63) is 59.7 Å². The molecule has 19 heavy (non-hydrogen) atoms. The number of rotatable bonds is 2. The lowest BCUT2D eigenvalue weighted by molar-refractivity contribution is 0.0972. The molecule has 0 saturated carbocycles. The third-order valence-electron chi connectivity index (χ3n) is 3.46. The highest BCUT2D eigenvalue weighted by Crippen LogP contribution is 2.32. The van der Waals surface area contributed by atoms with Gasteiger partial charge in [0, 0.05) is 17.7 Å². The number of nitrogens with one attached hydrogen (secondary N) is 1. The number of Topliss-reactive ketones (excluding diaryl/α,β-unsaturated/α-hetero) is 1. The van der Waals surface area contributed by atoms with Gasteiger partial charge in [-0.3, -0.25) is 4.79 Å². The van der Waals surface area contributed by atoms with Crippen LogP contribution >= 0.6 is 0 Å². The second-order valence-corrected chi connectivity index (χ2v) is 4.64. The zero-order valence-corrected chi connectivity index (χ0v) is 10.7. The largest absolute Gasteiger partial charge is 0.497 e. The van der Waals surface area contributed by atoms with Gasteiger partial charge in [0.15, 0.2) is 5.78 Å². The van der Waals surface area contributed by atoms with E-state index in [1.165, 1.54) is 0 Å². The Labute approximate surface area is 112 Å². The molecule has 0 bridgehead atoms. The summed E-state index contributed by atoms with van der Waals surface area (Å²) in [5.41, 5.74) is 2.80. The normalized spacial score (nSPS) is 17.5. The molecule has 0 aliphatic carbocycles. The molecule has 2 aromatic carbocycles. The van der Waals surface area contributed by atoms with Crippen LogP contribution in [0.4, 0.5) is 5.69 Å². The van der Waals surface area contributed by atoms with Gasteiger partial charge in [-0.25, -0.2) is 0 Å². The minimum atomic E-state index is 0.0355. The summed E-state index contributed by atoms with van der Waals surface area (Å²) >= 11 is 0. The number of ketones is 1. The van der Waals surface area contributed by atoms with Crippen molar-refractivity contribution < 1.29 is 9.53 Å². The molecule has 3 nitrogen and oxygen atoms in total. The van der Waals surface area contributed by atoms with Crippen molar-refractivity contribution in [3.63, 3.8) is 0 Å². The molecule has 0 unspecified atom stereocenters. The number of ether oxygens (including phenoxy) is 1. The summed E-state index contributed by atoms with van der Waals surface area (Å²) in [7, 11) is 1.65. The Balaban J connectivity index is 1.90. The maximum atomic E-state index is 12.1. The second kappa shape index (κ2) is 4.76. The van der Waals surface area contributed by atoms with Gasteiger partial charge < -0.3 is 10.1 Å². The average molecular weight is 253 g/mol. The Bertz CT molecular complexity index is 604. The van der Waals surface area contributed by atoms with Crippen molar-refractivity contribution in [2.75, 3.05) is 12.4 Å². The van der Waals surface area contributed by atoms with E-state index in [2.05, 4.69) is 5.32 Å². The van der Waals surface area contributed by atoms with Crippen LogP contribution in [0.3, 0.4) is 0 Å². The van der Waals surface area contributed by atoms with Crippen LogP contribution in [0.1, 0.15) is 28.4 Å². The topological polar surface area (TPSA) is 38.3 Å². The predicted octanol–water partition coefficient (Wildman–Crippen LogP) is 3.43. The lowest BCUT2D eigenvalue weighted by atomic mass is 9.92. The SMILES string of the molecule is COc1ccc([C@@H]2CC(=O)c3ccccc3N2)cc1. The first-order chi connectivity index (χ1) is 9.28. The van der Waals surface area contributed by atoms with Crippen LogP contribution in [-0.2, 0) is 0 Å². The van der Waals surface area contributed by atoms with Gasteiger partial charge >= 0.3 is 0 Å². The number of benzene rings is 2. The fraction of sp³-hybridized carbons (Fsp3) is 0.188. The number of fused-ring (bicyclic) bond motifs is 1. The summed E-state index contributed by atoms with van der Waals surface area (Å²) in [6, 6.07) is 15.5. The van der Waals surface area contributed by atoms with Gasteiger partial charge in [-0.2, -0.15) is 0 Å². The molecule has 3 rings (SSSR count). The lowest BCUT2D eigenvalue weighted by Crippen LogP contribution is -2.22. The van der Waals surface area contributed by atoms with Crippen molar-refractivity contribution in [1.29, 1.82) is 0 Å². The van der Waals surface area contributed by atoms with Crippen molar-refractivity contribution in [3.8, 4) is 5.75 Å². The first-order valence-electron chi connectivity index (χ1n) is 6.30. The van der Waals surface area contributed by atoms with Crippen LogP contribution < -0.4 is 10.1 Å². The Morgan fingerprint density at radius 3 is 2.58 bits per heavy atom. The Hall–Kier alpha value is -2.29. The molecule has 2 aromatic rings. The van der Waals surface area contributed by atoms with E-state index >= 15 is 0 Å². The molecule has 0 aromatic heterocycles. The standard InChI is InChI=1S/C16H15NO2/c1-19-12-8-6-11(7-9-12)15-10-16(18)13-4-2-3-5-14(13)17-15/h2-9,15,17H,10H2,1H3/t15-/m0/s1. The summed E-state index contributed by atoms with van der Waals surface area (Å²) in [4.78, 5) is 12.1. The average Bonchev–Trinajstić information content (AvgIpc) is 2.47. The smallest absolute Gasteiger partial charge is 0.167 e. The van der Waals surface area contributed by atoms with Crippen LogP contribution in [0.15, 0.2) is 48.5 Å². The number of carbonyl (C=O) groups is 1. The van der Waals surface area contributed by atoms with Crippen LogP contribution in [0.5, 0.6) is 5.75 Å². The lowest BCUT2D eigenvalue weighted by Gasteiger charge is -2.26. The zero-order chi connectivity index (χ0) is 13.2. The quantitative estimate of drug-likeness (QED) is 0.891. The Kier molecular flexibility index (Phi) is 2.95. The van der Waals surface area contributed by atoms with Crippen molar-refractivity contribution in [1.82, 2.24) is 0 Å². The molecule has 1 aliphatic heterocycles. The molecule has 0 amide bonds. The maximum absolute atomic E-state index is 12.1. The number of para-hydroxylation sites is 1. The van der Waals surface area contributed by atoms with E-state index in [0.29, 0.717) is 6.42 Å². The number of methoxy groups -OCH3 is 1. The predicted molar refractivity (Wildman–Crippen MR) is 74.7 cm³/mol. The van der Waals surface area contributed by atoms with Crippen LogP contribution in [0.2, 0.25) is 0 Å². The van der Waals surface area contributed by atoms with Gasteiger partial charge in [0.25, 0.3) is 0 Å². The van der Waals surface area contributed by atoms with E-state index in [0.717, 1.165) is 22.6 Å². The van der Waals surface area contributed by atoms with Gasteiger partial charge in [-0.05, 0) is 29.8 Å². The van der Waals surface area contributed by atoms with Crippen molar-refractivity contribution in [2.24, 2.45) is 0 Å². The number of anilines is 1. The van der Waals surface area contributed by atoms with Gasteiger partial charge in [0.05, 0.1) is 13.2 Å². The molecule has 3 heteroatoms. The van der Waals surface area contributed by atoms with Crippen LogP contribution in [0, 0.1) is 0 Å². The number of carbonyl (C=O) groups excluding carboxylic acids is 1. The fourth-order valence-electron chi connectivity index (χ4n) is 2.42. The maximum Gasteiger partial charge on any atom is 0.167 e. The van der Waals surface area contributed by atoms with Crippen molar-refractivity contribution >= 4 is 11.5 Å². The monoisotopic (exact) mass is 253 g/mol. The zero-order valence-electron chi connectivity index (χ0n) is 10.7. The molecule has 0 radical (unpaired) electrons. The summed E-state index contributed by atoms with van der Waals surface area (Å²) in [6.07, 6.45) is 0.489. The summed E-state index contributed by atoms with van der Waals surface area (Å²) in [5.74, 6) is 1.02. The Morgan fingerprint density at radius 1 is 1.11 bits per heavy atom. The number of hydrogen-bond donors (Lipinski definition) is 1. The minimum Gasteiger partial charge on any atom is -0.497 e. The molecule has 1 aliphatic rings. The summed E-state index contributed by atoms with van der Waals surface area (Å²) in [5, 5.41) is 3.42. The third kappa shape index (κ3) is 2.19. The highest BCUT2D eigenvalue weighted by molar-refractivity contribution is 6.03.